The van der Waals surface area contributed by atoms with Crippen LogP contribution in [0, 0.1) is 6.92 Å². The average Bonchev–Trinajstić information content (AvgIpc) is 2.66. The largest absolute Gasteiger partial charge is 0.396 e. The van der Waals surface area contributed by atoms with Crippen molar-refractivity contribution in [2.75, 3.05) is 13.7 Å². The lowest BCUT2D eigenvalue weighted by Gasteiger charge is -2.17. The molecule has 0 unspecified atom stereocenters. The minimum atomic E-state index is -0.700. The van der Waals surface area contributed by atoms with Gasteiger partial charge >= 0.3 is 0 Å². The van der Waals surface area contributed by atoms with Crippen molar-refractivity contribution in [2.24, 2.45) is 4.99 Å². The van der Waals surface area contributed by atoms with Gasteiger partial charge in [-0.1, -0.05) is 6.92 Å². The van der Waals surface area contributed by atoms with Crippen molar-refractivity contribution in [2.45, 2.75) is 45.8 Å². The molecule has 146 valence electrons. The van der Waals surface area contributed by atoms with Gasteiger partial charge in [0.25, 0.3) is 5.91 Å². The Kier molecular flexibility index (Phi) is 7.20. The number of hydrogen-bond acceptors (Lipinski definition) is 5. The number of rotatable bonds is 8. The first-order valence-electron chi connectivity index (χ1n) is 8.99. The summed E-state index contributed by atoms with van der Waals surface area (Å²) in [5.41, 5.74) is 3.74. The third-order valence-corrected chi connectivity index (χ3v) is 4.57. The number of nitrogens with zero attached hydrogens (tertiary/aromatic N) is 3. The quantitative estimate of drug-likeness (QED) is 0.580. The Bertz CT molecular complexity index is 905. The van der Waals surface area contributed by atoms with Crippen LogP contribution >= 0.6 is 0 Å². The molecule has 0 saturated carbocycles. The van der Waals surface area contributed by atoms with Crippen molar-refractivity contribution in [3.05, 3.63) is 34.4 Å². The first kappa shape index (κ1) is 20.7. The molecule has 1 heterocycles. The number of fused-ring (bicyclic) bond motifs is 1. The topological polar surface area (TPSA) is 117 Å². The van der Waals surface area contributed by atoms with Crippen LogP contribution < -0.4 is 10.8 Å². The number of amides is 2. The van der Waals surface area contributed by atoms with Crippen LogP contribution in [0.3, 0.4) is 0 Å². The number of carbonyl (C=O) groups excluding carboxylic acids is 2. The molecule has 0 spiro atoms. The van der Waals surface area contributed by atoms with Crippen LogP contribution in [-0.2, 0) is 17.8 Å². The molecule has 0 bridgehead atoms. The fraction of sp³-hybridized carbons (Fsp3) is 0.474. The van der Waals surface area contributed by atoms with Gasteiger partial charge in [0.1, 0.15) is 0 Å². The summed E-state index contributed by atoms with van der Waals surface area (Å²) in [6.07, 6.45) is 1.10. The second kappa shape index (κ2) is 9.38. The highest BCUT2D eigenvalue weighted by molar-refractivity contribution is 5.93. The molecule has 3 N–H and O–H groups in total. The van der Waals surface area contributed by atoms with E-state index in [1.54, 1.807) is 4.57 Å². The zero-order chi connectivity index (χ0) is 20.0. The van der Waals surface area contributed by atoms with Crippen molar-refractivity contribution in [1.29, 1.82) is 0 Å². The van der Waals surface area contributed by atoms with E-state index in [9.17, 15) is 14.7 Å². The molecule has 8 nitrogen and oxygen atoms in total. The van der Waals surface area contributed by atoms with E-state index < -0.39 is 12.0 Å². The van der Waals surface area contributed by atoms with E-state index in [0.717, 1.165) is 23.1 Å². The molecular weight excluding hydrogens is 348 g/mol. The van der Waals surface area contributed by atoms with Gasteiger partial charge in [-0.25, -0.2) is 4.98 Å². The molecule has 0 fully saturated rings. The molecule has 0 radical (unpaired) electrons. The molecule has 0 saturated heterocycles. The zero-order valence-electron chi connectivity index (χ0n) is 15.9. The smallest absolute Gasteiger partial charge is 0.273 e. The van der Waals surface area contributed by atoms with Gasteiger partial charge in [-0.15, -0.1) is 0 Å². The first-order chi connectivity index (χ1) is 13.0. The number of aliphatic hydroxyl groups is 2. The molecule has 0 aliphatic rings. The number of aryl methyl sites for hydroxylation is 3. The predicted molar refractivity (Wildman–Crippen MR) is 101 cm³/mol. The van der Waals surface area contributed by atoms with Gasteiger partial charge in [-0.05, 0) is 49.4 Å². The maximum atomic E-state index is 12.3. The Labute approximate surface area is 157 Å². The highest BCUT2D eigenvalue weighted by atomic mass is 16.3. The van der Waals surface area contributed by atoms with Crippen LogP contribution in [0.15, 0.2) is 17.1 Å². The Balaban J connectivity index is 2.77. The molecule has 27 heavy (non-hydrogen) atoms. The van der Waals surface area contributed by atoms with Crippen LogP contribution in [0.5, 0.6) is 0 Å². The maximum Gasteiger partial charge on any atom is 0.273 e. The van der Waals surface area contributed by atoms with Crippen molar-refractivity contribution >= 4 is 23.4 Å². The summed E-state index contributed by atoms with van der Waals surface area (Å²) in [5, 5.41) is 21.5. The number of aliphatic hydroxyl groups excluding tert-OH is 2. The van der Waals surface area contributed by atoms with E-state index in [1.807, 2.05) is 26.0 Å². The number of benzene rings is 1. The third kappa shape index (κ3) is 4.58. The van der Waals surface area contributed by atoms with E-state index in [0.29, 0.717) is 24.9 Å². The van der Waals surface area contributed by atoms with E-state index in [4.69, 9.17) is 5.11 Å². The standard InChI is InChI=1S/C19H26N4O4/c1-4-13-10-16-15(9-12(13)2)22-17(19(27)20-3)18(21-11-25)23(16)7-5-14(26)6-8-24/h9-11,14,24,26H,4-8H2,1-3H3,(H,20,27)/t14-/m0/s1. The normalized spacial score (nSPS) is 13.0. The third-order valence-electron chi connectivity index (χ3n) is 4.57. The van der Waals surface area contributed by atoms with Crippen molar-refractivity contribution in [1.82, 2.24) is 14.9 Å². The molecule has 1 aromatic carbocycles. The lowest BCUT2D eigenvalue weighted by Crippen LogP contribution is -2.35. The molecule has 2 rings (SSSR count). The lowest BCUT2D eigenvalue weighted by atomic mass is 10.0. The highest BCUT2D eigenvalue weighted by Crippen LogP contribution is 2.19. The monoisotopic (exact) mass is 374 g/mol. The Hall–Kier alpha value is -2.58. The van der Waals surface area contributed by atoms with Gasteiger partial charge in [0.2, 0.25) is 6.41 Å². The van der Waals surface area contributed by atoms with Crippen LogP contribution in [-0.4, -0.2) is 51.8 Å². The second-order valence-corrected chi connectivity index (χ2v) is 6.33. The number of hydrogen-bond donors (Lipinski definition) is 3. The fourth-order valence-electron chi connectivity index (χ4n) is 3.07. The Morgan fingerprint density at radius 3 is 2.74 bits per heavy atom. The van der Waals surface area contributed by atoms with Crippen molar-refractivity contribution in [3.8, 4) is 0 Å². The minimum absolute atomic E-state index is 0.0531. The molecule has 0 aliphatic carbocycles. The Morgan fingerprint density at radius 1 is 1.41 bits per heavy atom. The molecule has 0 aliphatic heterocycles. The van der Waals surface area contributed by atoms with Gasteiger partial charge in [-0.2, -0.15) is 4.99 Å². The number of carbonyl (C=O) groups is 2. The summed E-state index contributed by atoms with van der Waals surface area (Å²) >= 11 is 0. The average molecular weight is 374 g/mol. The second-order valence-electron chi connectivity index (χ2n) is 6.33. The fourth-order valence-corrected chi connectivity index (χ4v) is 3.07. The van der Waals surface area contributed by atoms with Crippen LogP contribution in [0.4, 0.5) is 0 Å². The highest BCUT2D eigenvalue weighted by Gasteiger charge is 2.17. The van der Waals surface area contributed by atoms with Crippen LogP contribution in [0.25, 0.3) is 11.0 Å². The zero-order valence-corrected chi connectivity index (χ0v) is 15.9. The maximum absolute atomic E-state index is 12.3. The summed E-state index contributed by atoms with van der Waals surface area (Å²) in [6, 6.07) is 3.89. The van der Waals surface area contributed by atoms with Crippen LogP contribution in [0.1, 0.15) is 41.4 Å². The molecule has 8 heteroatoms. The summed E-state index contributed by atoms with van der Waals surface area (Å²) in [5.74, 6) is -0.445. The summed E-state index contributed by atoms with van der Waals surface area (Å²) in [7, 11) is 1.49. The van der Waals surface area contributed by atoms with Gasteiger partial charge in [0, 0.05) is 20.2 Å². The van der Waals surface area contributed by atoms with E-state index in [1.165, 1.54) is 7.05 Å². The molecule has 2 aromatic rings. The predicted octanol–water partition coefficient (Wildman–Crippen LogP) is 0.457. The van der Waals surface area contributed by atoms with Gasteiger partial charge < -0.3 is 20.1 Å². The number of aromatic nitrogens is 2. The molecular formula is C19H26N4O4. The lowest BCUT2D eigenvalue weighted by molar-refractivity contribution is -0.107. The summed E-state index contributed by atoms with van der Waals surface area (Å²) < 4.78 is 1.74. The minimum Gasteiger partial charge on any atom is -0.396 e. The van der Waals surface area contributed by atoms with Crippen LogP contribution in [0.2, 0.25) is 0 Å². The van der Waals surface area contributed by atoms with Crippen molar-refractivity contribution < 1.29 is 19.8 Å². The number of nitrogens with one attached hydrogen (secondary N) is 1. The SMILES string of the molecule is CCc1cc2c(cc1C)nc(C(=O)NC)c(=NC=O)n2CC[C@H](O)CCO. The van der Waals surface area contributed by atoms with Gasteiger partial charge in [0.05, 0.1) is 17.1 Å². The van der Waals surface area contributed by atoms with E-state index in [-0.39, 0.29) is 24.2 Å². The summed E-state index contributed by atoms with van der Waals surface area (Å²) in [4.78, 5) is 31.7. The summed E-state index contributed by atoms with van der Waals surface area (Å²) in [6.45, 7) is 4.24. The Morgan fingerprint density at radius 2 is 2.15 bits per heavy atom. The van der Waals surface area contributed by atoms with Gasteiger partial charge in [-0.3, -0.25) is 9.59 Å². The van der Waals surface area contributed by atoms with E-state index in [2.05, 4.69) is 15.3 Å². The van der Waals surface area contributed by atoms with E-state index >= 15 is 0 Å². The first-order valence-corrected chi connectivity index (χ1v) is 8.99. The molecule has 2 amide bonds. The van der Waals surface area contributed by atoms with Crippen molar-refractivity contribution in [3.63, 3.8) is 0 Å². The molecule has 1 aromatic heterocycles. The molecule has 1 atom stereocenters. The van der Waals surface area contributed by atoms with Gasteiger partial charge in [0.15, 0.2) is 11.2 Å².